The molecule has 1 aromatic rings. The quantitative estimate of drug-likeness (QED) is 0.668. The van der Waals surface area contributed by atoms with Gasteiger partial charge in [0.15, 0.2) is 11.5 Å². The van der Waals surface area contributed by atoms with E-state index in [1.165, 1.54) is 0 Å². The molecular weight excluding hydrogens is 370 g/mol. The summed E-state index contributed by atoms with van der Waals surface area (Å²) in [6.07, 6.45) is 2.36. The Morgan fingerprint density at radius 2 is 2.04 bits per heavy atom. The summed E-state index contributed by atoms with van der Waals surface area (Å²) in [7, 11) is 0. The highest BCUT2D eigenvalue weighted by Crippen LogP contribution is 2.37. The molecule has 2 unspecified atom stereocenters. The van der Waals surface area contributed by atoms with E-state index in [0.717, 1.165) is 12.8 Å². The summed E-state index contributed by atoms with van der Waals surface area (Å²) in [5.74, 6) is -0.567. The average molecular weight is 398 g/mol. The normalized spacial score (nSPS) is 19.6. The van der Waals surface area contributed by atoms with Crippen molar-refractivity contribution >= 4 is 23.5 Å². The number of ether oxygens (including phenoxy) is 2. The Bertz CT molecular complexity index is 679. The Morgan fingerprint density at radius 3 is 2.63 bits per heavy atom. The van der Waals surface area contributed by atoms with Gasteiger partial charge in [-0.1, -0.05) is 31.9 Å². The van der Waals surface area contributed by atoms with E-state index in [0.29, 0.717) is 54.8 Å². The number of carbonyl (C=O) groups excluding carboxylic acids is 1. The Kier molecular flexibility index (Phi) is 7.78. The number of unbranched alkanes of at least 4 members (excludes halogenated alkanes) is 1. The van der Waals surface area contributed by atoms with Gasteiger partial charge in [-0.05, 0) is 37.8 Å². The highest BCUT2D eigenvalue weighted by Gasteiger charge is 2.33. The maximum absolute atomic E-state index is 12.9. The third-order valence-electron chi connectivity index (χ3n) is 4.81. The lowest BCUT2D eigenvalue weighted by molar-refractivity contribution is -0.145. The van der Waals surface area contributed by atoms with Crippen LogP contribution in [0, 0.1) is 11.8 Å². The summed E-state index contributed by atoms with van der Waals surface area (Å²) >= 11 is 6.37. The highest BCUT2D eigenvalue weighted by atomic mass is 35.5. The number of hydrogen-bond donors (Lipinski definition) is 1. The smallest absolute Gasteiger partial charge is 0.306 e. The molecule has 1 N–H and O–H groups in total. The Hall–Kier alpha value is -1.95. The molecule has 1 aliphatic heterocycles. The van der Waals surface area contributed by atoms with Crippen molar-refractivity contribution in [3.05, 3.63) is 22.7 Å². The van der Waals surface area contributed by atoms with E-state index < -0.39 is 11.9 Å². The van der Waals surface area contributed by atoms with Crippen molar-refractivity contribution in [1.29, 1.82) is 0 Å². The molecule has 1 amide bonds. The minimum Gasteiger partial charge on any atom is -0.490 e. The van der Waals surface area contributed by atoms with E-state index in [1.807, 2.05) is 13.8 Å². The molecule has 0 radical (unpaired) electrons. The molecule has 1 aliphatic rings. The number of nitrogens with zero attached hydrogens (tertiary/aromatic N) is 1. The SMILES string of the molecule is CCCCOc1c(Cl)cc(C(=O)N2CCC(C(=O)O)C(C)C2)cc1OCC. The molecule has 150 valence electrons. The van der Waals surface area contributed by atoms with Gasteiger partial charge in [0.1, 0.15) is 0 Å². The van der Waals surface area contributed by atoms with Gasteiger partial charge >= 0.3 is 5.97 Å². The van der Waals surface area contributed by atoms with Gasteiger partial charge in [-0.15, -0.1) is 0 Å². The van der Waals surface area contributed by atoms with Crippen LogP contribution in [-0.4, -0.2) is 48.2 Å². The molecule has 0 aromatic heterocycles. The maximum Gasteiger partial charge on any atom is 0.306 e. The number of likely N-dealkylation sites (tertiary alicyclic amines) is 1. The summed E-state index contributed by atoms with van der Waals surface area (Å²) in [5, 5.41) is 9.59. The van der Waals surface area contributed by atoms with E-state index >= 15 is 0 Å². The first-order chi connectivity index (χ1) is 12.9. The zero-order valence-corrected chi connectivity index (χ0v) is 16.9. The Labute approximate surface area is 165 Å². The van der Waals surface area contributed by atoms with Gasteiger partial charge in [0.2, 0.25) is 0 Å². The number of carboxylic acid groups (broad SMARTS) is 1. The van der Waals surface area contributed by atoms with E-state index in [-0.39, 0.29) is 11.8 Å². The van der Waals surface area contributed by atoms with Crippen molar-refractivity contribution in [2.24, 2.45) is 11.8 Å². The van der Waals surface area contributed by atoms with Crippen LogP contribution in [0.25, 0.3) is 0 Å². The van der Waals surface area contributed by atoms with Crippen LogP contribution in [0.15, 0.2) is 12.1 Å². The second kappa shape index (κ2) is 9.83. The van der Waals surface area contributed by atoms with Gasteiger partial charge in [-0.3, -0.25) is 9.59 Å². The zero-order chi connectivity index (χ0) is 20.0. The van der Waals surface area contributed by atoms with Crippen molar-refractivity contribution in [1.82, 2.24) is 4.90 Å². The monoisotopic (exact) mass is 397 g/mol. The molecule has 2 rings (SSSR count). The molecule has 0 aliphatic carbocycles. The van der Waals surface area contributed by atoms with Crippen LogP contribution in [0.3, 0.4) is 0 Å². The number of benzene rings is 1. The number of carboxylic acids is 1. The number of hydrogen-bond acceptors (Lipinski definition) is 4. The first kappa shape index (κ1) is 21.4. The molecule has 0 bridgehead atoms. The molecule has 0 saturated carbocycles. The molecule has 1 fully saturated rings. The van der Waals surface area contributed by atoms with Crippen molar-refractivity contribution in [3.8, 4) is 11.5 Å². The topological polar surface area (TPSA) is 76.1 Å². The first-order valence-electron chi connectivity index (χ1n) is 9.50. The van der Waals surface area contributed by atoms with Crippen LogP contribution >= 0.6 is 11.6 Å². The van der Waals surface area contributed by atoms with Gasteiger partial charge in [0, 0.05) is 18.7 Å². The van der Waals surface area contributed by atoms with Crippen molar-refractivity contribution in [2.75, 3.05) is 26.3 Å². The lowest BCUT2D eigenvalue weighted by Gasteiger charge is -2.35. The molecule has 7 heteroatoms. The number of rotatable bonds is 8. The van der Waals surface area contributed by atoms with Crippen LogP contribution in [0.5, 0.6) is 11.5 Å². The largest absolute Gasteiger partial charge is 0.490 e. The van der Waals surface area contributed by atoms with Crippen molar-refractivity contribution in [2.45, 2.75) is 40.0 Å². The predicted octanol–water partition coefficient (Wildman–Crippen LogP) is 4.10. The van der Waals surface area contributed by atoms with Gasteiger partial charge in [-0.2, -0.15) is 0 Å². The minimum atomic E-state index is -0.801. The summed E-state index contributed by atoms with van der Waals surface area (Å²) in [5.41, 5.74) is 0.423. The zero-order valence-electron chi connectivity index (χ0n) is 16.2. The predicted molar refractivity (Wildman–Crippen MR) is 104 cm³/mol. The van der Waals surface area contributed by atoms with Crippen LogP contribution in [0.2, 0.25) is 5.02 Å². The number of piperidine rings is 1. The van der Waals surface area contributed by atoms with Crippen molar-refractivity contribution in [3.63, 3.8) is 0 Å². The van der Waals surface area contributed by atoms with Crippen LogP contribution in [0.1, 0.15) is 50.4 Å². The Morgan fingerprint density at radius 1 is 1.30 bits per heavy atom. The van der Waals surface area contributed by atoms with Gasteiger partial charge in [0.05, 0.1) is 24.2 Å². The second-order valence-electron chi connectivity index (χ2n) is 6.88. The molecule has 27 heavy (non-hydrogen) atoms. The van der Waals surface area contributed by atoms with Crippen LogP contribution in [-0.2, 0) is 4.79 Å². The molecule has 1 aromatic carbocycles. The second-order valence-corrected chi connectivity index (χ2v) is 7.29. The lowest BCUT2D eigenvalue weighted by Crippen LogP contribution is -2.45. The van der Waals surface area contributed by atoms with Crippen LogP contribution < -0.4 is 9.47 Å². The average Bonchev–Trinajstić information content (AvgIpc) is 2.63. The number of halogens is 1. The van der Waals surface area contributed by atoms with E-state index in [2.05, 4.69) is 6.92 Å². The third kappa shape index (κ3) is 5.28. The van der Waals surface area contributed by atoms with Crippen LogP contribution in [0.4, 0.5) is 0 Å². The summed E-state index contributed by atoms with van der Waals surface area (Å²) < 4.78 is 11.4. The van der Waals surface area contributed by atoms with E-state index in [4.69, 9.17) is 21.1 Å². The summed E-state index contributed by atoms with van der Waals surface area (Å²) in [6.45, 7) is 7.58. The summed E-state index contributed by atoms with van der Waals surface area (Å²) in [4.78, 5) is 25.9. The lowest BCUT2D eigenvalue weighted by atomic mass is 9.87. The van der Waals surface area contributed by atoms with Gasteiger partial charge in [-0.25, -0.2) is 0 Å². The van der Waals surface area contributed by atoms with Gasteiger partial charge in [0.25, 0.3) is 5.91 Å². The standard InChI is InChI=1S/C20H28ClNO5/c1-4-6-9-27-18-16(21)10-14(11-17(18)26-5-2)19(23)22-8-7-15(20(24)25)13(3)12-22/h10-11,13,15H,4-9,12H2,1-3H3,(H,24,25). The number of carbonyl (C=O) groups is 2. The Balaban J connectivity index is 2.19. The molecule has 1 heterocycles. The molecule has 2 atom stereocenters. The van der Waals surface area contributed by atoms with Gasteiger partial charge < -0.3 is 19.5 Å². The number of amides is 1. The fourth-order valence-corrected chi connectivity index (χ4v) is 3.56. The number of aliphatic carboxylic acids is 1. The third-order valence-corrected chi connectivity index (χ3v) is 5.09. The molecule has 0 spiro atoms. The molecule has 6 nitrogen and oxygen atoms in total. The fraction of sp³-hybridized carbons (Fsp3) is 0.600. The highest BCUT2D eigenvalue weighted by molar-refractivity contribution is 6.32. The first-order valence-corrected chi connectivity index (χ1v) is 9.88. The molecular formula is C20H28ClNO5. The summed E-state index contributed by atoms with van der Waals surface area (Å²) in [6, 6.07) is 3.26. The minimum absolute atomic E-state index is 0.0984. The fourth-order valence-electron chi connectivity index (χ4n) is 3.29. The molecule has 1 saturated heterocycles. The van der Waals surface area contributed by atoms with E-state index in [9.17, 15) is 14.7 Å². The van der Waals surface area contributed by atoms with E-state index in [1.54, 1.807) is 17.0 Å². The van der Waals surface area contributed by atoms with Crippen molar-refractivity contribution < 1.29 is 24.2 Å². The maximum atomic E-state index is 12.9.